The van der Waals surface area contributed by atoms with Crippen molar-refractivity contribution in [2.24, 2.45) is 10.9 Å². The normalized spacial score (nSPS) is 25.3. The smallest absolute Gasteiger partial charge is 0.169 e. The molecule has 0 unspecified atom stereocenters. The molecule has 4 rings (SSSR count). The Morgan fingerprint density at radius 2 is 1.96 bits per heavy atom. The second-order valence-electron chi connectivity index (χ2n) is 7.04. The van der Waals surface area contributed by atoms with Crippen LogP contribution in [0, 0.1) is 12.8 Å². The van der Waals surface area contributed by atoms with Gasteiger partial charge in [0.2, 0.25) is 0 Å². The lowest BCUT2D eigenvalue weighted by molar-refractivity contribution is 0.00985. The molecule has 2 atom stereocenters. The Hall–Kier alpha value is -1.91. The molecule has 2 aliphatic rings. The van der Waals surface area contributed by atoms with E-state index in [1.54, 1.807) is 11.8 Å². The van der Waals surface area contributed by atoms with Crippen molar-refractivity contribution in [2.75, 3.05) is 19.0 Å². The highest BCUT2D eigenvalue weighted by Gasteiger charge is 2.46. The summed E-state index contributed by atoms with van der Waals surface area (Å²) in [4.78, 5) is 17.9. The molecule has 0 amide bonds. The van der Waals surface area contributed by atoms with Crippen LogP contribution in [0.2, 0.25) is 0 Å². The van der Waals surface area contributed by atoms with E-state index >= 15 is 0 Å². The van der Waals surface area contributed by atoms with Gasteiger partial charge in [-0.05, 0) is 18.1 Å². The van der Waals surface area contributed by atoms with E-state index in [-0.39, 0.29) is 11.3 Å². The van der Waals surface area contributed by atoms with E-state index in [1.807, 2.05) is 30.3 Å². The van der Waals surface area contributed by atoms with Crippen LogP contribution in [-0.4, -0.2) is 29.8 Å². The highest BCUT2D eigenvalue weighted by Crippen LogP contribution is 2.47. The molecule has 1 saturated heterocycles. The predicted octanol–water partition coefficient (Wildman–Crippen LogP) is 4.65. The number of ether oxygens (including phenoxy) is 1. The molecule has 2 heterocycles. The summed E-state index contributed by atoms with van der Waals surface area (Å²) in [6.45, 7) is 3.62. The second-order valence-corrected chi connectivity index (χ2v) is 8.14. The highest BCUT2D eigenvalue weighted by molar-refractivity contribution is 8.14. The van der Waals surface area contributed by atoms with Crippen LogP contribution in [0.25, 0.3) is 0 Å². The maximum absolute atomic E-state index is 12.7. The molecule has 0 aromatic heterocycles. The fraction of sp³-hybridized carbons (Fsp3) is 0.364. The number of nitrogens with zero attached hydrogens (tertiary/aromatic N) is 1. The van der Waals surface area contributed by atoms with Gasteiger partial charge in [0.1, 0.15) is 0 Å². The Balaban J connectivity index is 1.69. The average Bonchev–Trinajstić information content (AvgIpc) is 2.68. The summed E-state index contributed by atoms with van der Waals surface area (Å²) in [6.07, 6.45) is 1.27. The number of Topliss-reactive ketones (excluding diaryl/α,β-unsaturated/α-hetero) is 1. The van der Waals surface area contributed by atoms with Gasteiger partial charge in [0.25, 0.3) is 0 Å². The lowest BCUT2D eigenvalue weighted by Crippen LogP contribution is -2.46. The zero-order valence-corrected chi connectivity index (χ0v) is 15.8. The molecule has 2 aliphatic heterocycles. The number of ketones is 1. The number of aryl methyl sites for hydroxylation is 1. The minimum Gasteiger partial charge on any atom is -0.381 e. The highest BCUT2D eigenvalue weighted by atomic mass is 32.2. The molecule has 26 heavy (non-hydrogen) atoms. The first kappa shape index (κ1) is 17.5. The summed E-state index contributed by atoms with van der Waals surface area (Å²) >= 11 is 1.72. The van der Waals surface area contributed by atoms with Crippen LogP contribution < -0.4 is 0 Å². The summed E-state index contributed by atoms with van der Waals surface area (Å²) in [6, 6.07) is 18.0. The number of benzene rings is 2. The Labute approximate surface area is 158 Å². The monoisotopic (exact) mass is 365 g/mol. The van der Waals surface area contributed by atoms with E-state index in [4.69, 9.17) is 9.73 Å². The molecule has 0 bridgehead atoms. The zero-order valence-electron chi connectivity index (χ0n) is 15.0. The molecule has 4 heteroatoms. The molecule has 0 saturated carbocycles. The quantitative estimate of drug-likeness (QED) is 0.741. The van der Waals surface area contributed by atoms with Gasteiger partial charge in [0.15, 0.2) is 5.78 Å². The third kappa shape index (κ3) is 3.24. The van der Waals surface area contributed by atoms with Crippen molar-refractivity contribution in [3.63, 3.8) is 0 Å². The Morgan fingerprint density at radius 1 is 1.19 bits per heavy atom. The number of hydrogen-bond acceptors (Lipinski definition) is 4. The molecule has 3 nitrogen and oxygen atoms in total. The maximum atomic E-state index is 12.7. The molecule has 0 aliphatic carbocycles. The van der Waals surface area contributed by atoms with Crippen molar-refractivity contribution in [1.82, 2.24) is 0 Å². The first-order valence-electron chi connectivity index (χ1n) is 9.13. The molecule has 2 aromatic rings. The van der Waals surface area contributed by atoms with Crippen molar-refractivity contribution in [1.29, 1.82) is 0 Å². The third-order valence-electron chi connectivity index (χ3n) is 5.42. The summed E-state index contributed by atoms with van der Waals surface area (Å²) in [5, 5.41) is 0.959. The molecule has 0 radical (unpaired) electrons. The lowest BCUT2D eigenvalue weighted by atomic mass is 9.74. The first-order chi connectivity index (χ1) is 12.7. The van der Waals surface area contributed by atoms with Crippen LogP contribution in [0.5, 0.6) is 0 Å². The number of aliphatic imine (C=N–C) groups is 1. The standard InChI is InChI=1S/C22H23NO2S/c1-16-7-5-6-10-19(16)22-11-12-25-14-18(22)15-26-21(23-22)13-20(24)17-8-3-2-4-9-17/h2-10,18H,11-15H2,1H3/t18-,22-/m0/s1. The van der Waals surface area contributed by atoms with Gasteiger partial charge in [0, 0.05) is 30.3 Å². The fourth-order valence-electron chi connectivity index (χ4n) is 4.01. The van der Waals surface area contributed by atoms with Crippen molar-refractivity contribution in [3.05, 3.63) is 71.3 Å². The molecule has 0 spiro atoms. The molecule has 2 aromatic carbocycles. The van der Waals surface area contributed by atoms with E-state index in [2.05, 4.69) is 31.2 Å². The molecule has 1 fully saturated rings. The third-order valence-corrected chi connectivity index (χ3v) is 6.55. The van der Waals surface area contributed by atoms with Gasteiger partial charge in [0.05, 0.1) is 23.6 Å². The average molecular weight is 365 g/mol. The van der Waals surface area contributed by atoms with E-state index in [1.165, 1.54) is 11.1 Å². The van der Waals surface area contributed by atoms with Gasteiger partial charge < -0.3 is 4.74 Å². The zero-order chi connectivity index (χ0) is 18.0. The van der Waals surface area contributed by atoms with Crippen LogP contribution in [-0.2, 0) is 10.3 Å². The molecular formula is C22H23NO2S. The molecule has 0 N–H and O–H groups in total. The Kier molecular flexibility index (Phi) is 4.96. The number of rotatable bonds is 4. The SMILES string of the molecule is Cc1ccccc1[C@]12CCOC[C@H]1CSC(CC(=O)c1ccccc1)=N2. The van der Waals surface area contributed by atoms with E-state index < -0.39 is 0 Å². The first-order valence-corrected chi connectivity index (χ1v) is 10.1. The van der Waals surface area contributed by atoms with E-state index in [0.717, 1.165) is 36.0 Å². The van der Waals surface area contributed by atoms with Crippen LogP contribution >= 0.6 is 11.8 Å². The Morgan fingerprint density at radius 3 is 2.77 bits per heavy atom. The fourth-order valence-corrected chi connectivity index (χ4v) is 5.23. The van der Waals surface area contributed by atoms with Crippen LogP contribution in [0.4, 0.5) is 0 Å². The van der Waals surface area contributed by atoms with Gasteiger partial charge in [-0.3, -0.25) is 9.79 Å². The second kappa shape index (κ2) is 7.37. The molecular weight excluding hydrogens is 342 g/mol. The van der Waals surface area contributed by atoms with Crippen LogP contribution in [0.3, 0.4) is 0 Å². The van der Waals surface area contributed by atoms with Gasteiger partial charge in [-0.25, -0.2) is 0 Å². The largest absolute Gasteiger partial charge is 0.381 e. The minimum atomic E-state index is -0.249. The van der Waals surface area contributed by atoms with Crippen molar-refractivity contribution in [3.8, 4) is 0 Å². The van der Waals surface area contributed by atoms with E-state index in [9.17, 15) is 4.79 Å². The topological polar surface area (TPSA) is 38.7 Å². The number of carbonyl (C=O) groups is 1. The maximum Gasteiger partial charge on any atom is 0.169 e. The van der Waals surface area contributed by atoms with Gasteiger partial charge >= 0.3 is 0 Å². The number of hydrogen-bond donors (Lipinski definition) is 0. The van der Waals surface area contributed by atoms with Crippen molar-refractivity contribution < 1.29 is 9.53 Å². The number of fused-ring (bicyclic) bond motifs is 1. The summed E-state index contributed by atoms with van der Waals surface area (Å²) < 4.78 is 5.76. The number of carbonyl (C=O) groups excluding carboxylic acids is 1. The summed E-state index contributed by atoms with van der Waals surface area (Å²) in [5.41, 5.74) is 3.07. The summed E-state index contributed by atoms with van der Waals surface area (Å²) in [7, 11) is 0. The van der Waals surface area contributed by atoms with E-state index in [0.29, 0.717) is 12.3 Å². The van der Waals surface area contributed by atoms with Crippen LogP contribution in [0.1, 0.15) is 34.3 Å². The van der Waals surface area contributed by atoms with Crippen LogP contribution in [0.15, 0.2) is 59.6 Å². The van der Waals surface area contributed by atoms with Crippen molar-refractivity contribution in [2.45, 2.75) is 25.3 Å². The summed E-state index contributed by atoms with van der Waals surface area (Å²) in [5.74, 6) is 1.45. The van der Waals surface area contributed by atoms with Gasteiger partial charge in [-0.2, -0.15) is 0 Å². The van der Waals surface area contributed by atoms with Gasteiger partial charge in [-0.1, -0.05) is 54.6 Å². The lowest BCUT2D eigenvalue weighted by Gasteiger charge is -2.45. The Bertz CT molecular complexity index is 833. The predicted molar refractivity (Wildman–Crippen MR) is 107 cm³/mol. The minimum absolute atomic E-state index is 0.141. The number of thioether (sulfide) groups is 1. The van der Waals surface area contributed by atoms with Crippen molar-refractivity contribution >= 4 is 22.6 Å². The van der Waals surface area contributed by atoms with Gasteiger partial charge in [-0.15, -0.1) is 11.8 Å². The molecule has 134 valence electrons.